The minimum Gasteiger partial charge on any atom is -0.451 e. The van der Waals surface area contributed by atoms with Crippen molar-refractivity contribution in [2.75, 3.05) is 5.73 Å². The van der Waals surface area contributed by atoms with E-state index >= 15 is 0 Å². The third-order valence-electron chi connectivity index (χ3n) is 2.09. The number of ether oxygens (including phenoxy) is 1. The van der Waals surface area contributed by atoms with Crippen molar-refractivity contribution in [3.05, 3.63) is 28.8 Å². The van der Waals surface area contributed by atoms with Crippen LogP contribution in [0.25, 0.3) is 0 Å². The third-order valence-corrected chi connectivity index (χ3v) is 2.43. The summed E-state index contributed by atoms with van der Waals surface area (Å²) in [6.45, 7) is 2.87. The lowest BCUT2D eigenvalue weighted by atomic mass is 10.2. The van der Waals surface area contributed by atoms with Gasteiger partial charge in [0.15, 0.2) is 11.9 Å². The molecule has 0 heterocycles. The number of esters is 1. The minimum absolute atomic E-state index is 0.213. The lowest BCUT2D eigenvalue weighted by molar-refractivity contribution is -0.124. The number of nitrogens with two attached hydrogens (primary N) is 1. The van der Waals surface area contributed by atoms with Gasteiger partial charge in [-0.05, 0) is 32.0 Å². The number of rotatable bonds is 3. The summed E-state index contributed by atoms with van der Waals surface area (Å²) in [4.78, 5) is 22.5. The van der Waals surface area contributed by atoms with Crippen molar-refractivity contribution in [3.8, 4) is 0 Å². The van der Waals surface area contributed by atoms with Crippen LogP contribution >= 0.6 is 11.6 Å². The summed E-state index contributed by atoms with van der Waals surface area (Å²) in [6, 6.07) is 4.41. The third kappa shape index (κ3) is 2.97. The highest BCUT2D eigenvalue weighted by Gasteiger charge is 2.15. The quantitative estimate of drug-likeness (QED) is 0.650. The van der Waals surface area contributed by atoms with Gasteiger partial charge in [-0.15, -0.1) is 0 Å². The van der Waals surface area contributed by atoms with E-state index in [1.54, 1.807) is 0 Å². The molecule has 1 aromatic carbocycles. The van der Waals surface area contributed by atoms with E-state index in [1.165, 1.54) is 32.0 Å². The van der Waals surface area contributed by atoms with Crippen LogP contribution in [0.1, 0.15) is 24.2 Å². The summed E-state index contributed by atoms with van der Waals surface area (Å²) in [5.74, 6) is -0.804. The Labute approximate surface area is 98.3 Å². The Morgan fingerprint density at radius 3 is 2.56 bits per heavy atom. The van der Waals surface area contributed by atoms with Crippen LogP contribution in [0.4, 0.5) is 5.69 Å². The normalized spacial score (nSPS) is 11.9. The molecule has 0 spiro atoms. The van der Waals surface area contributed by atoms with E-state index in [1.807, 2.05) is 0 Å². The molecular formula is C11H12ClNO3. The van der Waals surface area contributed by atoms with Crippen LogP contribution in [0.3, 0.4) is 0 Å². The molecule has 0 aromatic heterocycles. The summed E-state index contributed by atoms with van der Waals surface area (Å²) >= 11 is 5.71. The average molecular weight is 242 g/mol. The van der Waals surface area contributed by atoms with E-state index in [0.29, 0.717) is 10.7 Å². The molecule has 0 amide bonds. The first-order chi connectivity index (χ1) is 7.41. The molecule has 5 heteroatoms. The number of halogens is 1. The van der Waals surface area contributed by atoms with Crippen LogP contribution in [0.2, 0.25) is 5.02 Å². The van der Waals surface area contributed by atoms with Crippen molar-refractivity contribution in [2.24, 2.45) is 0 Å². The minimum atomic E-state index is -0.760. The maximum absolute atomic E-state index is 11.5. The molecule has 1 aromatic rings. The summed E-state index contributed by atoms with van der Waals surface area (Å²) in [6.07, 6.45) is -0.760. The Kier molecular flexibility index (Phi) is 3.90. The van der Waals surface area contributed by atoms with Gasteiger partial charge in [-0.3, -0.25) is 4.79 Å². The maximum atomic E-state index is 11.5. The highest BCUT2D eigenvalue weighted by atomic mass is 35.5. The van der Waals surface area contributed by atoms with E-state index in [0.717, 1.165) is 0 Å². The van der Waals surface area contributed by atoms with E-state index in [-0.39, 0.29) is 11.3 Å². The second-order valence-electron chi connectivity index (χ2n) is 3.39. The van der Waals surface area contributed by atoms with Crippen LogP contribution in [0.5, 0.6) is 0 Å². The second kappa shape index (κ2) is 4.99. The monoisotopic (exact) mass is 241 g/mol. The van der Waals surface area contributed by atoms with Crippen molar-refractivity contribution in [1.29, 1.82) is 0 Å². The molecule has 0 aliphatic rings. The lowest BCUT2D eigenvalue weighted by Gasteiger charge is -2.10. The molecule has 0 bridgehead atoms. The van der Waals surface area contributed by atoms with E-state index in [9.17, 15) is 9.59 Å². The molecule has 86 valence electrons. The first kappa shape index (κ1) is 12.5. The summed E-state index contributed by atoms with van der Waals surface area (Å²) < 4.78 is 4.91. The molecule has 0 saturated heterocycles. The Morgan fingerprint density at radius 1 is 1.44 bits per heavy atom. The number of anilines is 1. The SMILES string of the molecule is CC(=O)C(C)OC(=O)c1ccc(Cl)c(N)c1. The number of carbonyl (C=O) groups is 2. The fraction of sp³-hybridized carbons (Fsp3) is 0.273. The number of Topliss-reactive ketones (excluding diaryl/α,β-unsaturated/α-hetero) is 1. The van der Waals surface area contributed by atoms with Crippen molar-refractivity contribution >= 4 is 29.0 Å². The van der Waals surface area contributed by atoms with Gasteiger partial charge < -0.3 is 10.5 Å². The molecule has 16 heavy (non-hydrogen) atoms. The van der Waals surface area contributed by atoms with Crippen molar-refractivity contribution < 1.29 is 14.3 Å². The number of hydrogen-bond donors (Lipinski definition) is 1. The molecule has 0 fully saturated rings. The van der Waals surface area contributed by atoms with Gasteiger partial charge in [0.25, 0.3) is 0 Å². The van der Waals surface area contributed by atoms with E-state index in [2.05, 4.69) is 0 Å². The maximum Gasteiger partial charge on any atom is 0.338 e. The van der Waals surface area contributed by atoms with Crippen molar-refractivity contribution in [3.63, 3.8) is 0 Å². The Balaban J connectivity index is 2.81. The number of ketones is 1. The van der Waals surface area contributed by atoms with Gasteiger partial charge in [0.05, 0.1) is 16.3 Å². The van der Waals surface area contributed by atoms with Gasteiger partial charge in [-0.2, -0.15) is 0 Å². The summed E-state index contributed by atoms with van der Waals surface area (Å²) in [7, 11) is 0. The predicted molar refractivity (Wildman–Crippen MR) is 61.4 cm³/mol. The Hall–Kier alpha value is -1.55. The van der Waals surface area contributed by atoms with Crippen molar-refractivity contribution in [1.82, 2.24) is 0 Å². The molecular weight excluding hydrogens is 230 g/mol. The molecule has 1 rings (SSSR count). The van der Waals surface area contributed by atoms with Crippen molar-refractivity contribution in [2.45, 2.75) is 20.0 Å². The zero-order chi connectivity index (χ0) is 12.3. The van der Waals surface area contributed by atoms with Gasteiger partial charge >= 0.3 is 5.97 Å². The smallest absolute Gasteiger partial charge is 0.338 e. The van der Waals surface area contributed by atoms with Gasteiger partial charge in [-0.25, -0.2) is 4.79 Å². The predicted octanol–water partition coefficient (Wildman–Crippen LogP) is 2.06. The van der Waals surface area contributed by atoms with Gasteiger partial charge in [-0.1, -0.05) is 11.6 Å². The van der Waals surface area contributed by atoms with Gasteiger partial charge in [0.1, 0.15) is 0 Å². The zero-order valence-electron chi connectivity index (χ0n) is 8.99. The highest BCUT2D eigenvalue weighted by molar-refractivity contribution is 6.33. The topological polar surface area (TPSA) is 69.4 Å². The standard InChI is InChI=1S/C11H12ClNO3/c1-6(14)7(2)16-11(15)8-3-4-9(12)10(13)5-8/h3-5,7H,13H2,1-2H3. The molecule has 0 aliphatic heterocycles. The van der Waals surface area contributed by atoms with Crippen LogP contribution in [-0.2, 0) is 9.53 Å². The molecule has 0 radical (unpaired) electrons. The van der Waals surface area contributed by atoms with Gasteiger partial charge in [0, 0.05) is 0 Å². The first-order valence-electron chi connectivity index (χ1n) is 4.68. The second-order valence-corrected chi connectivity index (χ2v) is 3.80. The van der Waals surface area contributed by atoms with E-state index < -0.39 is 12.1 Å². The zero-order valence-corrected chi connectivity index (χ0v) is 9.75. The largest absolute Gasteiger partial charge is 0.451 e. The fourth-order valence-corrected chi connectivity index (χ4v) is 1.10. The van der Waals surface area contributed by atoms with Crippen LogP contribution in [0.15, 0.2) is 18.2 Å². The number of benzene rings is 1. The molecule has 1 unspecified atom stereocenters. The summed E-state index contributed by atoms with van der Waals surface area (Å²) in [5.41, 5.74) is 6.11. The molecule has 2 N–H and O–H groups in total. The molecule has 4 nitrogen and oxygen atoms in total. The number of hydrogen-bond acceptors (Lipinski definition) is 4. The number of nitrogen functional groups attached to an aromatic ring is 1. The Morgan fingerprint density at radius 2 is 2.06 bits per heavy atom. The first-order valence-corrected chi connectivity index (χ1v) is 5.06. The number of carbonyl (C=O) groups excluding carboxylic acids is 2. The molecule has 0 saturated carbocycles. The lowest BCUT2D eigenvalue weighted by Crippen LogP contribution is -2.21. The van der Waals surface area contributed by atoms with Crippen LogP contribution < -0.4 is 5.73 Å². The molecule has 0 aliphatic carbocycles. The van der Waals surface area contributed by atoms with Gasteiger partial charge in [0.2, 0.25) is 0 Å². The van der Waals surface area contributed by atoms with Crippen LogP contribution in [-0.4, -0.2) is 17.9 Å². The average Bonchev–Trinajstić information content (AvgIpc) is 2.21. The summed E-state index contributed by atoms with van der Waals surface area (Å²) in [5, 5.41) is 0.371. The fourth-order valence-electron chi connectivity index (χ4n) is 0.982. The molecule has 1 atom stereocenters. The Bertz CT molecular complexity index is 431. The highest BCUT2D eigenvalue weighted by Crippen LogP contribution is 2.20. The van der Waals surface area contributed by atoms with Crippen LogP contribution in [0, 0.1) is 0 Å². The van der Waals surface area contributed by atoms with E-state index in [4.69, 9.17) is 22.1 Å².